The quantitative estimate of drug-likeness (QED) is 0.830. The van der Waals surface area contributed by atoms with Gasteiger partial charge in [0, 0.05) is 25.6 Å². The third-order valence-corrected chi connectivity index (χ3v) is 5.37. The van der Waals surface area contributed by atoms with Gasteiger partial charge < -0.3 is 10.2 Å². The van der Waals surface area contributed by atoms with Crippen LogP contribution in [-0.4, -0.2) is 36.3 Å². The Morgan fingerprint density at radius 1 is 0.929 bits per heavy atom. The molecule has 0 bridgehead atoms. The van der Waals surface area contributed by atoms with Gasteiger partial charge in [-0.15, -0.1) is 0 Å². The van der Waals surface area contributed by atoms with E-state index in [-0.39, 0.29) is 23.7 Å². The van der Waals surface area contributed by atoms with Crippen molar-refractivity contribution in [2.75, 3.05) is 19.6 Å². The molecule has 1 N–H and O–H groups in total. The van der Waals surface area contributed by atoms with Gasteiger partial charge in [0.25, 0.3) is 0 Å². The highest BCUT2D eigenvalue weighted by molar-refractivity contribution is 5.87. The summed E-state index contributed by atoms with van der Waals surface area (Å²) in [5, 5.41) is 3.03. The largest absolute Gasteiger partial charge is 0.356 e. The minimum absolute atomic E-state index is 0.00898. The number of nitrogens with zero attached hydrogens (tertiary/aromatic N) is 1. The first-order valence-corrected chi connectivity index (χ1v) is 10.2. The average molecular weight is 379 g/mol. The Balaban J connectivity index is 1.69. The summed E-state index contributed by atoms with van der Waals surface area (Å²) in [6.07, 6.45) is 1.46. The fourth-order valence-corrected chi connectivity index (χ4v) is 3.76. The van der Waals surface area contributed by atoms with Crippen LogP contribution in [0.3, 0.4) is 0 Å². The molecule has 2 aromatic carbocycles. The van der Waals surface area contributed by atoms with E-state index in [1.165, 1.54) is 0 Å². The van der Waals surface area contributed by atoms with E-state index in [9.17, 15) is 9.59 Å². The Morgan fingerprint density at radius 2 is 1.43 bits per heavy atom. The minimum Gasteiger partial charge on any atom is -0.356 e. The number of piperidine rings is 1. The summed E-state index contributed by atoms with van der Waals surface area (Å²) >= 11 is 0. The Kier molecular flexibility index (Phi) is 6.85. The highest BCUT2D eigenvalue weighted by Gasteiger charge is 2.32. The van der Waals surface area contributed by atoms with E-state index in [1.807, 2.05) is 65.6 Å². The van der Waals surface area contributed by atoms with Gasteiger partial charge in [-0.25, -0.2) is 0 Å². The molecule has 2 amide bonds. The maximum absolute atomic E-state index is 13.4. The fourth-order valence-electron chi connectivity index (χ4n) is 3.76. The van der Waals surface area contributed by atoms with Gasteiger partial charge in [0.15, 0.2) is 0 Å². The molecule has 4 heteroatoms. The molecule has 0 saturated carbocycles. The van der Waals surface area contributed by atoms with E-state index in [1.54, 1.807) is 0 Å². The van der Waals surface area contributed by atoms with E-state index in [2.05, 4.69) is 19.2 Å². The van der Waals surface area contributed by atoms with Crippen molar-refractivity contribution in [1.29, 1.82) is 0 Å². The predicted octanol–water partition coefficient (Wildman–Crippen LogP) is 3.83. The molecule has 0 atom stereocenters. The zero-order valence-electron chi connectivity index (χ0n) is 16.8. The first kappa shape index (κ1) is 20.1. The van der Waals surface area contributed by atoms with Crippen molar-refractivity contribution in [2.45, 2.75) is 32.6 Å². The van der Waals surface area contributed by atoms with Crippen molar-refractivity contribution >= 4 is 11.8 Å². The van der Waals surface area contributed by atoms with Crippen molar-refractivity contribution in [3.05, 3.63) is 71.8 Å². The maximum Gasteiger partial charge on any atom is 0.234 e. The molecular weight excluding hydrogens is 348 g/mol. The molecule has 0 spiro atoms. The maximum atomic E-state index is 13.4. The Labute approximate surface area is 167 Å². The predicted molar refractivity (Wildman–Crippen MR) is 112 cm³/mol. The number of hydrogen-bond donors (Lipinski definition) is 1. The topological polar surface area (TPSA) is 49.4 Å². The number of rotatable bonds is 6. The van der Waals surface area contributed by atoms with Crippen LogP contribution in [0.25, 0.3) is 0 Å². The van der Waals surface area contributed by atoms with Gasteiger partial charge in [0.05, 0.1) is 5.92 Å². The summed E-state index contributed by atoms with van der Waals surface area (Å²) in [7, 11) is 0. The highest BCUT2D eigenvalue weighted by atomic mass is 16.2. The van der Waals surface area contributed by atoms with Crippen LogP contribution in [0.5, 0.6) is 0 Å². The monoisotopic (exact) mass is 378 g/mol. The summed E-state index contributed by atoms with van der Waals surface area (Å²) in [5.41, 5.74) is 2.02. The summed E-state index contributed by atoms with van der Waals surface area (Å²) in [6, 6.07) is 19.9. The molecule has 1 saturated heterocycles. The first-order chi connectivity index (χ1) is 13.6. The molecule has 1 heterocycles. The molecule has 28 heavy (non-hydrogen) atoms. The van der Waals surface area contributed by atoms with Gasteiger partial charge >= 0.3 is 0 Å². The van der Waals surface area contributed by atoms with Gasteiger partial charge in [0.1, 0.15) is 0 Å². The Bertz CT molecular complexity index is 726. The number of hydrogen-bond acceptors (Lipinski definition) is 2. The van der Waals surface area contributed by atoms with E-state index in [0.29, 0.717) is 25.6 Å². The lowest BCUT2D eigenvalue weighted by molar-refractivity contribution is -0.136. The standard InChI is InChI=1S/C24H30N2O2/c1-18(2)17-25-23(27)21-13-15-26(16-14-21)24(28)22(19-9-5-3-6-10-19)20-11-7-4-8-12-20/h3-12,18,21-22H,13-17H2,1-2H3,(H,25,27). The van der Waals surface area contributed by atoms with Crippen molar-refractivity contribution in [2.24, 2.45) is 11.8 Å². The van der Waals surface area contributed by atoms with Crippen LogP contribution in [0.15, 0.2) is 60.7 Å². The number of amides is 2. The van der Waals surface area contributed by atoms with E-state index < -0.39 is 0 Å². The zero-order chi connectivity index (χ0) is 19.9. The smallest absolute Gasteiger partial charge is 0.234 e. The zero-order valence-corrected chi connectivity index (χ0v) is 16.8. The highest BCUT2D eigenvalue weighted by Crippen LogP contribution is 2.29. The third-order valence-electron chi connectivity index (χ3n) is 5.37. The molecule has 1 fully saturated rings. The average Bonchev–Trinajstić information content (AvgIpc) is 2.74. The van der Waals surface area contributed by atoms with Crippen LogP contribution >= 0.6 is 0 Å². The van der Waals surface area contributed by atoms with Gasteiger partial charge in [-0.2, -0.15) is 0 Å². The van der Waals surface area contributed by atoms with Crippen molar-refractivity contribution < 1.29 is 9.59 Å². The first-order valence-electron chi connectivity index (χ1n) is 10.2. The second kappa shape index (κ2) is 9.54. The lowest BCUT2D eigenvalue weighted by Crippen LogP contribution is -2.45. The molecule has 4 nitrogen and oxygen atoms in total. The molecule has 0 unspecified atom stereocenters. The van der Waals surface area contributed by atoms with Gasteiger partial charge in [-0.1, -0.05) is 74.5 Å². The Morgan fingerprint density at radius 3 is 1.89 bits per heavy atom. The summed E-state index contributed by atoms with van der Waals surface area (Å²) in [4.78, 5) is 27.7. The molecule has 0 aromatic heterocycles. The second-order valence-corrected chi connectivity index (χ2v) is 7.99. The van der Waals surface area contributed by atoms with Crippen molar-refractivity contribution in [1.82, 2.24) is 10.2 Å². The van der Waals surface area contributed by atoms with Crippen LogP contribution < -0.4 is 5.32 Å². The summed E-state index contributed by atoms with van der Waals surface area (Å²) in [5.74, 6) is 0.411. The van der Waals surface area contributed by atoms with Crippen LogP contribution in [0.1, 0.15) is 43.7 Å². The lowest BCUT2D eigenvalue weighted by atomic mass is 9.88. The second-order valence-electron chi connectivity index (χ2n) is 7.99. The molecule has 1 aliphatic heterocycles. The molecule has 0 aliphatic carbocycles. The molecule has 0 radical (unpaired) electrons. The molecular formula is C24H30N2O2. The Hall–Kier alpha value is -2.62. The minimum atomic E-state index is -0.297. The third kappa shape index (κ3) is 5.00. The SMILES string of the molecule is CC(C)CNC(=O)C1CCN(C(=O)C(c2ccccc2)c2ccccc2)CC1. The summed E-state index contributed by atoms with van der Waals surface area (Å²) < 4.78 is 0. The number of carbonyl (C=O) groups is 2. The number of nitrogens with one attached hydrogen (secondary N) is 1. The van der Waals surface area contributed by atoms with Crippen LogP contribution in [0.4, 0.5) is 0 Å². The molecule has 1 aliphatic rings. The number of benzene rings is 2. The number of carbonyl (C=O) groups excluding carboxylic acids is 2. The molecule has 2 aromatic rings. The van der Waals surface area contributed by atoms with Crippen molar-refractivity contribution in [3.63, 3.8) is 0 Å². The lowest BCUT2D eigenvalue weighted by Gasteiger charge is -2.34. The van der Waals surface area contributed by atoms with Gasteiger partial charge in [-0.05, 0) is 29.9 Å². The van der Waals surface area contributed by atoms with Crippen LogP contribution in [0.2, 0.25) is 0 Å². The van der Waals surface area contributed by atoms with Crippen molar-refractivity contribution in [3.8, 4) is 0 Å². The summed E-state index contributed by atoms with van der Waals surface area (Å²) in [6.45, 7) is 6.16. The number of likely N-dealkylation sites (tertiary alicyclic amines) is 1. The fraction of sp³-hybridized carbons (Fsp3) is 0.417. The normalized spacial score (nSPS) is 15.1. The van der Waals surface area contributed by atoms with E-state index >= 15 is 0 Å². The van der Waals surface area contributed by atoms with Crippen LogP contribution in [-0.2, 0) is 9.59 Å². The van der Waals surface area contributed by atoms with Gasteiger partial charge in [0.2, 0.25) is 11.8 Å². The molecule has 148 valence electrons. The van der Waals surface area contributed by atoms with Crippen LogP contribution in [0, 0.1) is 11.8 Å². The van der Waals surface area contributed by atoms with E-state index in [4.69, 9.17) is 0 Å². The van der Waals surface area contributed by atoms with Gasteiger partial charge in [-0.3, -0.25) is 9.59 Å². The van der Waals surface area contributed by atoms with E-state index in [0.717, 1.165) is 24.0 Å². The molecule has 3 rings (SSSR count).